The molecule has 22 heavy (non-hydrogen) atoms. The zero-order valence-corrected chi connectivity index (χ0v) is 12.3. The van der Waals surface area contributed by atoms with Crippen LogP contribution in [0.15, 0.2) is 42.6 Å². The second-order valence-electron chi connectivity index (χ2n) is 4.75. The molecule has 1 aromatic heterocycles. The molecule has 6 heteroatoms. The van der Waals surface area contributed by atoms with Crippen LogP contribution in [0.3, 0.4) is 0 Å². The van der Waals surface area contributed by atoms with Crippen LogP contribution in [0.2, 0.25) is 0 Å². The minimum Gasteiger partial charge on any atom is -0.496 e. The Balaban J connectivity index is 2.43. The topological polar surface area (TPSA) is 88.9 Å². The van der Waals surface area contributed by atoms with Gasteiger partial charge in [0.25, 0.3) is 0 Å². The van der Waals surface area contributed by atoms with Gasteiger partial charge >= 0.3 is 5.97 Å². The van der Waals surface area contributed by atoms with Crippen molar-refractivity contribution in [3.05, 3.63) is 53.7 Å². The van der Waals surface area contributed by atoms with Crippen LogP contribution in [-0.4, -0.2) is 35.4 Å². The zero-order chi connectivity index (χ0) is 16.2. The van der Waals surface area contributed by atoms with Crippen molar-refractivity contribution in [3.8, 4) is 11.6 Å². The Hall–Kier alpha value is -2.60. The number of carboxylic acid groups (broad SMARTS) is 1. The van der Waals surface area contributed by atoms with Crippen molar-refractivity contribution in [2.24, 2.45) is 0 Å². The first-order valence-electron chi connectivity index (χ1n) is 6.59. The number of carboxylic acids is 1. The van der Waals surface area contributed by atoms with Gasteiger partial charge in [0.15, 0.2) is 5.60 Å². The molecule has 2 aromatic rings. The number of benzene rings is 1. The highest BCUT2D eigenvalue weighted by atomic mass is 16.5. The van der Waals surface area contributed by atoms with Crippen molar-refractivity contribution >= 4 is 5.97 Å². The highest BCUT2D eigenvalue weighted by Gasteiger charge is 2.39. The first-order valence-corrected chi connectivity index (χ1v) is 6.59. The molecule has 0 fully saturated rings. The van der Waals surface area contributed by atoms with Gasteiger partial charge in [0.1, 0.15) is 5.75 Å². The molecule has 0 saturated heterocycles. The van der Waals surface area contributed by atoms with E-state index in [0.29, 0.717) is 22.8 Å². The van der Waals surface area contributed by atoms with Crippen molar-refractivity contribution in [2.45, 2.75) is 12.0 Å². The number of hydrogen-bond acceptors (Lipinski definition) is 5. The van der Waals surface area contributed by atoms with Gasteiger partial charge in [-0.2, -0.15) is 0 Å². The quantitative estimate of drug-likeness (QED) is 0.843. The fourth-order valence-electron chi connectivity index (χ4n) is 2.17. The number of aliphatic carboxylic acids is 1. The Labute approximate surface area is 128 Å². The summed E-state index contributed by atoms with van der Waals surface area (Å²) in [4.78, 5) is 15.6. The summed E-state index contributed by atoms with van der Waals surface area (Å²) < 4.78 is 10.2. The van der Waals surface area contributed by atoms with Crippen molar-refractivity contribution in [1.82, 2.24) is 4.98 Å². The summed E-state index contributed by atoms with van der Waals surface area (Å²) in [5.41, 5.74) is -1.30. The normalized spacial score (nSPS) is 13.2. The molecule has 0 radical (unpaired) electrons. The fourth-order valence-corrected chi connectivity index (χ4v) is 2.17. The molecular formula is C16H17NO5. The standard InChI is InChI=1S/C16H17NO5/c1-21-13-8-14(22-2)17-10-11(13)9-16(20,15(18)19)12-6-4-3-5-7-12/h3-8,10,20H,9H2,1-2H3,(H,18,19). The maximum Gasteiger partial charge on any atom is 0.340 e. The number of methoxy groups -OCH3 is 2. The molecule has 1 unspecified atom stereocenters. The van der Waals surface area contributed by atoms with Gasteiger partial charge in [0.05, 0.1) is 14.2 Å². The maximum absolute atomic E-state index is 11.6. The predicted octanol–water partition coefficient (Wildman–Crippen LogP) is 1.61. The fraction of sp³-hybridized carbons (Fsp3) is 0.250. The summed E-state index contributed by atoms with van der Waals surface area (Å²) in [6.45, 7) is 0. The van der Waals surface area contributed by atoms with Gasteiger partial charge in [-0.1, -0.05) is 30.3 Å². The lowest BCUT2D eigenvalue weighted by Gasteiger charge is -2.24. The van der Waals surface area contributed by atoms with Gasteiger partial charge in [0.2, 0.25) is 5.88 Å². The minimum absolute atomic E-state index is 0.174. The smallest absolute Gasteiger partial charge is 0.340 e. The van der Waals surface area contributed by atoms with Crippen molar-refractivity contribution in [3.63, 3.8) is 0 Å². The maximum atomic E-state index is 11.6. The van der Waals surface area contributed by atoms with E-state index >= 15 is 0 Å². The van der Waals surface area contributed by atoms with Crippen LogP contribution in [0.1, 0.15) is 11.1 Å². The Kier molecular flexibility index (Phi) is 4.62. The Morgan fingerprint density at radius 2 is 1.91 bits per heavy atom. The van der Waals surface area contributed by atoms with Gasteiger partial charge in [-0.05, 0) is 5.56 Å². The van der Waals surface area contributed by atoms with E-state index in [1.165, 1.54) is 20.4 Å². The summed E-state index contributed by atoms with van der Waals surface area (Å²) in [6, 6.07) is 9.78. The summed E-state index contributed by atoms with van der Waals surface area (Å²) >= 11 is 0. The number of pyridine rings is 1. The second kappa shape index (κ2) is 6.44. The third-order valence-corrected chi connectivity index (χ3v) is 3.40. The molecule has 0 aliphatic rings. The lowest BCUT2D eigenvalue weighted by molar-refractivity contribution is -0.159. The van der Waals surface area contributed by atoms with Gasteiger partial charge in [-0.3, -0.25) is 0 Å². The Bertz CT molecular complexity index is 659. The van der Waals surface area contributed by atoms with E-state index in [1.54, 1.807) is 36.4 Å². The lowest BCUT2D eigenvalue weighted by atomic mass is 9.87. The number of aromatic nitrogens is 1. The third kappa shape index (κ3) is 3.01. The van der Waals surface area contributed by atoms with Gasteiger partial charge in [0, 0.05) is 24.2 Å². The van der Waals surface area contributed by atoms with Crippen LogP contribution in [0.25, 0.3) is 0 Å². The van der Waals surface area contributed by atoms with Crippen LogP contribution in [0, 0.1) is 0 Å². The molecule has 2 N–H and O–H groups in total. The van der Waals surface area contributed by atoms with Crippen molar-refractivity contribution in [1.29, 1.82) is 0 Å². The molecule has 0 amide bonds. The van der Waals surface area contributed by atoms with Crippen LogP contribution in [0.4, 0.5) is 0 Å². The van der Waals surface area contributed by atoms with E-state index in [1.807, 2.05) is 0 Å². The van der Waals surface area contributed by atoms with E-state index in [-0.39, 0.29) is 6.42 Å². The summed E-state index contributed by atoms with van der Waals surface area (Å²) in [7, 11) is 2.93. The number of nitrogens with zero attached hydrogens (tertiary/aromatic N) is 1. The molecule has 1 atom stereocenters. The number of rotatable bonds is 6. The van der Waals surface area contributed by atoms with Crippen LogP contribution in [-0.2, 0) is 16.8 Å². The molecule has 6 nitrogen and oxygen atoms in total. The monoisotopic (exact) mass is 303 g/mol. The average Bonchev–Trinajstić information content (AvgIpc) is 2.55. The molecule has 1 aromatic carbocycles. The SMILES string of the molecule is COc1cc(OC)c(CC(O)(C(=O)O)c2ccccc2)cn1. The molecule has 1 heterocycles. The molecular weight excluding hydrogens is 286 g/mol. The number of ether oxygens (including phenoxy) is 2. The molecule has 116 valence electrons. The first-order chi connectivity index (χ1) is 10.5. The molecule has 0 aliphatic carbocycles. The number of carbonyl (C=O) groups is 1. The highest BCUT2D eigenvalue weighted by molar-refractivity contribution is 5.79. The molecule has 0 spiro atoms. The van der Waals surface area contributed by atoms with Crippen LogP contribution in [0.5, 0.6) is 11.6 Å². The Morgan fingerprint density at radius 3 is 2.45 bits per heavy atom. The lowest BCUT2D eigenvalue weighted by Crippen LogP contribution is -2.38. The predicted molar refractivity (Wildman–Crippen MR) is 79.0 cm³/mol. The van der Waals surface area contributed by atoms with E-state index < -0.39 is 11.6 Å². The largest absolute Gasteiger partial charge is 0.496 e. The van der Waals surface area contributed by atoms with Gasteiger partial charge < -0.3 is 19.7 Å². The number of hydrogen-bond donors (Lipinski definition) is 2. The molecule has 0 bridgehead atoms. The van der Waals surface area contributed by atoms with Gasteiger partial charge in [-0.15, -0.1) is 0 Å². The van der Waals surface area contributed by atoms with E-state index in [9.17, 15) is 15.0 Å². The molecule has 0 aliphatic heterocycles. The summed E-state index contributed by atoms with van der Waals surface area (Å²) in [5, 5.41) is 20.1. The van der Waals surface area contributed by atoms with Crippen molar-refractivity contribution in [2.75, 3.05) is 14.2 Å². The average molecular weight is 303 g/mol. The van der Waals surface area contributed by atoms with Gasteiger partial charge in [-0.25, -0.2) is 9.78 Å². The third-order valence-electron chi connectivity index (χ3n) is 3.40. The van der Waals surface area contributed by atoms with E-state index in [4.69, 9.17) is 9.47 Å². The highest BCUT2D eigenvalue weighted by Crippen LogP contribution is 2.31. The summed E-state index contributed by atoms with van der Waals surface area (Å²) in [6.07, 6.45) is 1.26. The zero-order valence-electron chi connectivity index (χ0n) is 12.3. The van der Waals surface area contributed by atoms with Crippen LogP contribution < -0.4 is 9.47 Å². The number of aliphatic hydroxyl groups is 1. The minimum atomic E-state index is -2.06. The molecule has 2 rings (SSSR count). The first kappa shape index (κ1) is 15.8. The van der Waals surface area contributed by atoms with E-state index in [2.05, 4.69) is 4.98 Å². The van der Waals surface area contributed by atoms with Crippen LogP contribution >= 0.6 is 0 Å². The Morgan fingerprint density at radius 1 is 1.23 bits per heavy atom. The summed E-state index contributed by atoms with van der Waals surface area (Å²) in [5.74, 6) is -0.585. The van der Waals surface area contributed by atoms with E-state index in [0.717, 1.165) is 0 Å². The second-order valence-corrected chi connectivity index (χ2v) is 4.75. The van der Waals surface area contributed by atoms with Crippen molar-refractivity contribution < 1.29 is 24.5 Å². The molecule has 0 saturated carbocycles.